The van der Waals surface area contributed by atoms with Gasteiger partial charge in [-0.1, -0.05) is 5.21 Å². The highest BCUT2D eigenvalue weighted by molar-refractivity contribution is 7.89. The van der Waals surface area contributed by atoms with E-state index in [0.29, 0.717) is 27.9 Å². The highest BCUT2D eigenvalue weighted by atomic mass is 32.2. The largest absolute Gasteiger partial charge is 0.496 e. The van der Waals surface area contributed by atoms with Crippen LogP contribution in [0.3, 0.4) is 0 Å². The molecule has 0 amide bonds. The number of carbonyl (C=O) groups is 1. The number of nitrogens with zero attached hydrogens (tertiary/aromatic N) is 3. The Hall–Kier alpha value is -3.35. The molecule has 0 aliphatic carbocycles. The second kappa shape index (κ2) is 9.42. The van der Waals surface area contributed by atoms with Crippen molar-refractivity contribution in [2.45, 2.75) is 11.4 Å². The van der Waals surface area contributed by atoms with Crippen LogP contribution in [0.2, 0.25) is 0 Å². The summed E-state index contributed by atoms with van der Waals surface area (Å²) in [6.07, 6.45) is 1.20. The Morgan fingerprint density at radius 2 is 2.00 bits per heavy atom. The fourth-order valence-corrected chi connectivity index (χ4v) is 3.90. The molecule has 3 rings (SSSR count). The quantitative estimate of drug-likeness (QED) is 0.481. The van der Waals surface area contributed by atoms with Crippen molar-refractivity contribution in [1.82, 2.24) is 19.7 Å². The Kier molecular flexibility index (Phi) is 6.87. The highest BCUT2D eigenvalue weighted by Crippen LogP contribution is 2.37. The van der Waals surface area contributed by atoms with Crippen molar-refractivity contribution in [1.29, 1.82) is 0 Å². The first-order valence-corrected chi connectivity index (χ1v) is 10.9. The number of methoxy groups -OCH3 is 2. The molecule has 0 atom stereocenters. The zero-order valence-electron chi connectivity index (χ0n) is 17.6. The van der Waals surface area contributed by atoms with E-state index >= 15 is 0 Å². The SMILES string of the molecule is CNS(=O)(=O)c1ccc(OC)c(-c2cc(C(=O)OC)cc3c2nnn3C/C(F)=C/CN)c1. The van der Waals surface area contributed by atoms with Gasteiger partial charge in [-0.15, -0.1) is 5.10 Å². The van der Waals surface area contributed by atoms with E-state index in [4.69, 9.17) is 15.2 Å². The Morgan fingerprint density at radius 3 is 2.62 bits per heavy atom. The number of fused-ring (bicyclic) bond motifs is 1. The molecular weight excluding hydrogens is 441 g/mol. The van der Waals surface area contributed by atoms with Gasteiger partial charge in [0.25, 0.3) is 0 Å². The molecule has 0 spiro atoms. The molecule has 0 fully saturated rings. The van der Waals surface area contributed by atoms with Crippen molar-refractivity contribution in [3.05, 3.63) is 47.8 Å². The number of hydrogen-bond acceptors (Lipinski definition) is 8. The Bertz CT molecular complexity index is 1300. The monoisotopic (exact) mass is 463 g/mol. The van der Waals surface area contributed by atoms with E-state index < -0.39 is 21.8 Å². The third kappa shape index (κ3) is 4.47. The number of hydrogen-bond donors (Lipinski definition) is 2. The van der Waals surface area contributed by atoms with Crippen molar-refractivity contribution in [2.75, 3.05) is 27.8 Å². The average molecular weight is 463 g/mol. The third-order valence-corrected chi connectivity index (χ3v) is 6.13. The third-order valence-electron chi connectivity index (χ3n) is 4.72. The molecule has 10 nitrogen and oxygen atoms in total. The van der Waals surface area contributed by atoms with Crippen LogP contribution in [0.15, 0.2) is 47.1 Å². The minimum atomic E-state index is -3.76. The van der Waals surface area contributed by atoms with Gasteiger partial charge in [-0.05, 0) is 43.5 Å². The predicted molar refractivity (Wildman–Crippen MR) is 115 cm³/mol. The Labute approximate surface area is 183 Å². The first-order chi connectivity index (χ1) is 15.2. The van der Waals surface area contributed by atoms with Crippen molar-refractivity contribution in [3.63, 3.8) is 0 Å². The van der Waals surface area contributed by atoms with Crippen LogP contribution in [0, 0.1) is 0 Å². The van der Waals surface area contributed by atoms with Gasteiger partial charge in [-0.2, -0.15) is 0 Å². The van der Waals surface area contributed by atoms with Gasteiger partial charge in [0.2, 0.25) is 10.0 Å². The summed E-state index contributed by atoms with van der Waals surface area (Å²) in [4.78, 5) is 12.3. The summed E-state index contributed by atoms with van der Waals surface area (Å²) in [5.41, 5.74) is 6.87. The molecule has 0 saturated carbocycles. The van der Waals surface area contributed by atoms with Gasteiger partial charge in [0.05, 0.1) is 36.7 Å². The topological polar surface area (TPSA) is 138 Å². The van der Waals surface area contributed by atoms with E-state index in [1.165, 1.54) is 62.4 Å². The van der Waals surface area contributed by atoms with Crippen LogP contribution in [0.25, 0.3) is 22.2 Å². The van der Waals surface area contributed by atoms with Crippen LogP contribution >= 0.6 is 0 Å². The lowest BCUT2D eigenvalue weighted by molar-refractivity contribution is 0.0601. The van der Waals surface area contributed by atoms with Gasteiger partial charge in [0.15, 0.2) is 0 Å². The van der Waals surface area contributed by atoms with Crippen LogP contribution in [-0.2, 0) is 21.3 Å². The number of benzene rings is 2. The lowest BCUT2D eigenvalue weighted by Crippen LogP contribution is -2.18. The fourth-order valence-electron chi connectivity index (χ4n) is 3.14. The molecular formula is C20H22FN5O5S. The maximum Gasteiger partial charge on any atom is 0.337 e. The number of nitrogens with one attached hydrogen (secondary N) is 1. The van der Waals surface area contributed by atoms with E-state index in [1.807, 2.05) is 0 Å². The first kappa shape index (κ1) is 23.3. The summed E-state index contributed by atoms with van der Waals surface area (Å²) in [6, 6.07) is 7.24. The molecule has 2 aromatic carbocycles. The van der Waals surface area contributed by atoms with Crippen molar-refractivity contribution in [2.24, 2.45) is 5.73 Å². The lowest BCUT2D eigenvalue weighted by Gasteiger charge is -2.13. The Morgan fingerprint density at radius 1 is 1.25 bits per heavy atom. The Balaban J connectivity index is 2.33. The molecule has 0 unspecified atom stereocenters. The number of ether oxygens (including phenoxy) is 2. The van der Waals surface area contributed by atoms with Crippen LogP contribution in [0.5, 0.6) is 5.75 Å². The molecule has 12 heteroatoms. The lowest BCUT2D eigenvalue weighted by atomic mass is 10.00. The number of aromatic nitrogens is 3. The smallest absolute Gasteiger partial charge is 0.337 e. The molecule has 0 radical (unpaired) electrons. The second-order valence-electron chi connectivity index (χ2n) is 6.59. The summed E-state index contributed by atoms with van der Waals surface area (Å²) in [5, 5.41) is 8.13. The normalized spacial score (nSPS) is 12.2. The van der Waals surface area contributed by atoms with Gasteiger partial charge < -0.3 is 15.2 Å². The van der Waals surface area contributed by atoms with Crippen molar-refractivity contribution in [3.8, 4) is 16.9 Å². The number of carbonyl (C=O) groups excluding carboxylic acids is 1. The molecule has 1 heterocycles. The molecule has 0 aliphatic rings. The number of sulfonamides is 1. The molecule has 0 aliphatic heterocycles. The molecule has 1 aromatic heterocycles. The van der Waals surface area contributed by atoms with Gasteiger partial charge in [0.1, 0.15) is 17.1 Å². The number of esters is 1. The number of allylic oxidation sites excluding steroid dienone is 1. The van der Waals surface area contributed by atoms with E-state index in [1.54, 1.807) is 0 Å². The minimum Gasteiger partial charge on any atom is -0.496 e. The van der Waals surface area contributed by atoms with Gasteiger partial charge >= 0.3 is 5.97 Å². The molecule has 3 aromatic rings. The molecule has 3 N–H and O–H groups in total. The fraction of sp³-hybridized carbons (Fsp3) is 0.250. The molecule has 0 saturated heterocycles. The van der Waals surface area contributed by atoms with E-state index in [0.717, 1.165) is 0 Å². The standard InChI is InChI=1S/C20H22FN5O5S/c1-23-32(28,29)14-4-5-18(30-2)15(10-14)16-8-12(20(27)31-3)9-17-19(16)24-25-26(17)11-13(21)6-7-22/h4-6,8-10,23H,7,11,22H2,1-3H3/b13-6-. The first-order valence-electron chi connectivity index (χ1n) is 9.37. The summed E-state index contributed by atoms with van der Waals surface area (Å²) in [6.45, 7) is -0.232. The zero-order chi connectivity index (χ0) is 23.5. The van der Waals surface area contributed by atoms with E-state index in [-0.39, 0.29) is 23.5 Å². The molecule has 170 valence electrons. The van der Waals surface area contributed by atoms with Crippen molar-refractivity contribution >= 4 is 27.0 Å². The van der Waals surface area contributed by atoms with Gasteiger partial charge in [-0.25, -0.2) is 27.0 Å². The minimum absolute atomic E-state index is 0.0149. The predicted octanol–water partition coefficient (Wildman–Crippen LogP) is 1.61. The molecule has 32 heavy (non-hydrogen) atoms. The van der Waals surface area contributed by atoms with Crippen LogP contribution in [0.4, 0.5) is 4.39 Å². The number of rotatable bonds is 8. The summed E-state index contributed by atoms with van der Waals surface area (Å²) < 4.78 is 52.5. The maximum absolute atomic E-state index is 14.1. The summed E-state index contributed by atoms with van der Waals surface area (Å²) in [7, 11) is 0.189. The van der Waals surface area contributed by atoms with E-state index in [9.17, 15) is 17.6 Å². The van der Waals surface area contributed by atoms with Crippen LogP contribution in [-0.4, -0.2) is 57.2 Å². The van der Waals surface area contributed by atoms with Gasteiger partial charge in [0, 0.05) is 17.7 Å². The number of halogens is 1. The van der Waals surface area contributed by atoms with Crippen molar-refractivity contribution < 1.29 is 27.1 Å². The van der Waals surface area contributed by atoms with E-state index in [2.05, 4.69) is 15.0 Å². The summed E-state index contributed by atoms with van der Waals surface area (Å²) in [5.74, 6) is -0.826. The number of nitrogens with two attached hydrogens (primary N) is 1. The highest BCUT2D eigenvalue weighted by Gasteiger charge is 2.22. The average Bonchev–Trinajstić information content (AvgIpc) is 3.20. The second-order valence-corrected chi connectivity index (χ2v) is 8.47. The summed E-state index contributed by atoms with van der Waals surface area (Å²) >= 11 is 0. The molecule has 0 bridgehead atoms. The van der Waals surface area contributed by atoms with Gasteiger partial charge in [-0.3, -0.25) is 0 Å². The zero-order valence-corrected chi connectivity index (χ0v) is 18.4. The maximum atomic E-state index is 14.1. The van der Waals surface area contributed by atoms with Crippen LogP contribution in [0.1, 0.15) is 10.4 Å². The van der Waals surface area contributed by atoms with Crippen LogP contribution < -0.4 is 15.2 Å².